The number of nitrogens with zero attached hydrogens (tertiary/aromatic N) is 1. The monoisotopic (exact) mass is 559 g/mol. The van der Waals surface area contributed by atoms with Crippen LogP contribution in [0.15, 0.2) is 15.8 Å². The molecular formula is C11H14ClFN3O14P3. The number of nitrogens with one attached hydrogen (secondary N) is 1. The number of hydrogen-bond acceptors (Lipinski definition) is 11. The van der Waals surface area contributed by atoms with Crippen LogP contribution in [0.3, 0.4) is 0 Å². The van der Waals surface area contributed by atoms with Gasteiger partial charge in [-0.3, -0.25) is 18.9 Å². The summed E-state index contributed by atoms with van der Waals surface area (Å²) >= 11 is 5.31. The second-order valence-corrected chi connectivity index (χ2v) is 10.8. The summed E-state index contributed by atoms with van der Waals surface area (Å²) in [7, 11) is -17.0. The molecule has 33 heavy (non-hydrogen) atoms. The summed E-state index contributed by atoms with van der Waals surface area (Å²) in [6.07, 6.45) is -5.22. The Kier molecular flexibility index (Phi) is 8.30. The molecule has 0 radical (unpaired) electrons. The number of hydrogen-bond donors (Lipinski definition) is 7. The molecule has 0 aromatic carbocycles. The zero-order valence-electron chi connectivity index (χ0n) is 15.5. The lowest BCUT2D eigenvalue weighted by Crippen LogP contribution is -2.55. The number of ether oxygens (including phenoxy) is 1. The van der Waals surface area contributed by atoms with Crippen LogP contribution in [-0.4, -0.2) is 58.6 Å². The highest BCUT2D eigenvalue weighted by Crippen LogP contribution is 2.66. The van der Waals surface area contributed by atoms with Crippen LogP contribution in [0.25, 0.3) is 0 Å². The first-order valence-corrected chi connectivity index (χ1v) is 12.9. The molecule has 1 aromatic rings. The number of aromatic amines is 1. The van der Waals surface area contributed by atoms with Gasteiger partial charge < -0.3 is 35.2 Å². The smallest absolute Gasteiger partial charge is 0.387 e. The van der Waals surface area contributed by atoms with Crippen LogP contribution >= 0.6 is 35.1 Å². The molecular weight excluding hydrogens is 546 g/mol. The van der Waals surface area contributed by atoms with Crippen molar-refractivity contribution in [3.05, 3.63) is 32.9 Å². The third-order valence-corrected chi connectivity index (χ3v) is 7.71. The number of aromatic nitrogens is 2. The largest absolute Gasteiger partial charge is 0.490 e. The molecule has 0 spiro atoms. The Morgan fingerprint density at radius 2 is 1.85 bits per heavy atom. The third-order valence-electron chi connectivity index (χ3n) is 3.81. The summed E-state index contributed by atoms with van der Waals surface area (Å²) in [6, 6.07) is 0. The molecule has 0 bridgehead atoms. The molecule has 2 heterocycles. The predicted molar refractivity (Wildman–Crippen MR) is 102 cm³/mol. The number of phosphoric acid groups is 3. The van der Waals surface area contributed by atoms with E-state index in [0.717, 1.165) is 0 Å². The van der Waals surface area contributed by atoms with E-state index in [4.69, 9.17) is 36.8 Å². The minimum Gasteiger partial charge on any atom is -0.387 e. The van der Waals surface area contributed by atoms with Gasteiger partial charge in [0.15, 0.2) is 11.8 Å². The maximum atomic E-state index is 13.7. The SMILES string of the molecule is NC1(C#CCl)[C@@H](O)[C@@H](COP(=O)(O)OP(=O)(O)OP(=O)(O)O)O[C@H]1n1cc(F)c(=O)[nH]c1=O. The van der Waals surface area contributed by atoms with Crippen LogP contribution in [0.1, 0.15) is 6.23 Å². The lowest BCUT2D eigenvalue weighted by atomic mass is 9.92. The molecule has 1 aliphatic rings. The Balaban J connectivity index is 2.28. The van der Waals surface area contributed by atoms with Gasteiger partial charge in [-0.1, -0.05) is 5.92 Å². The van der Waals surface area contributed by atoms with Crippen molar-refractivity contribution in [3.63, 3.8) is 0 Å². The number of rotatable bonds is 8. The minimum atomic E-state index is -5.81. The van der Waals surface area contributed by atoms with Crippen molar-refractivity contribution < 1.29 is 60.6 Å². The van der Waals surface area contributed by atoms with Crippen LogP contribution in [0, 0.1) is 17.1 Å². The van der Waals surface area contributed by atoms with Gasteiger partial charge in [0, 0.05) is 5.38 Å². The number of nitrogens with two attached hydrogens (primary N) is 1. The number of aliphatic hydroxyl groups excluding tert-OH is 1. The van der Waals surface area contributed by atoms with Crippen LogP contribution in [0.5, 0.6) is 0 Å². The summed E-state index contributed by atoms with van der Waals surface area (Å²) < 4.78 is 64.5. The Morgan fingerprint density at radius 1 is 1.24 bits per heavy atom. The van der Waals surface area contributed by atoms with E-state index in [-0.39, 0.29) is 0 Å². The minimum absolute atomic E-state index is 0.376. The summed E-state index contributed by atoms with van der Waals surface area (Å²) in [6.45, 7) is -1.18. The fourth-order valence-corrected chi connectivity index (χ4v) is 5.75. The Bertz CT molecular complexity index is 1240. The average Bonchev–Trinajstić information content (AvgIpc) is 2.85. The molecule has 8 N–H and O–H groups in total. The quantitative estimate of drug-likeness (QED) is 0.136. The van der Waals surface area contributed by atoms with Gasteiger partial charge in [0.1, 0.15) is 12.2 Å². The highest BCUT2D eigenvalue weighted by atomic mass is 35.5. The van der Waals surface area contributed by atoms with E-state index in [1.807, 2.05) is 5.38 Å². The molecule has 1 aromatic heterocycles. The first-order valence-electron chi connectivity index (χ1n) is 7.95. The second kappa shape index (κ2) is 9.78. The maximum Gasteiger partial charge on any atom is 0.490 e. The summed E-state index contributed by atoms with van der Waals surface area (Å²) in [5.41, 5.74) is 1.00. The van der Waals surface area contributed by atoms with Gasteiger partial charge in [0.25, 0.3) is 5.56 Å². The van der Waals surface area contributed by atoms with Crippen LogP contribution < -0.4 is 17.0 Å². The molecule has 17 nitrogen and oxygen atoms in total. The molecule has 1 fully saturated rings. The van der Waals surface area contributed by atoms with Gasteiger partial charge >= 0.3 is 29.2 Å². The first-order chi connectivity index (χ1) is 14.9. The van der Waals surface area contributed by atoms with E-state index in [0.29, 0.717) is 10.8 Å². The molecule has 1 saturated heterocycles. The topological polar surface area (TPSA) is 270 Å². The van der Waals surface area contributed by atoms with Crippen LogP contribution in [0.4, 0.5) is 4.39 Å². The maximum absolute atomic E-state index is 13.7. The lowest BCUT2D eigenvalue weighted by molar-refractivity contribution is -0.0471. The predicted octanol–water partition coefficient (Wildman–Crippen LogP) is -1.83. The van der Waals surface area contributed by atoms with E-state index in [9.17, 15) is 37.7 Å². The van der Waals surface area contributed by atoms with Crippen molar-refractivity contribution in [1.82, 2.24) is 9.55 Å². The zero-order valence-corrected chi connectivity index (χ0v) is 19.0. The van der Waals surface area contributed by atoms with E-state index < -0.39 is 71.1 Å². The molecule has 186 valence electrons. The normalized spacial score (nSPS) is 29.0. The fourth-order valence-electron chi connectivity index (χ4n) is 2.56. The van der Waals surface area contributed by atoms with E-state index in [1.54, 1.807) is 4.98 Å². The summed E-state index contributed by atoms with van der Waals surface area (Å²) in [4.78, 5) is 60.5. The van der Waals surface area contributed by atoms with Gasteiger partial charge in [0.05, 0.1) is 12.8 Å². The van der Waals surface area contributed by atoms with Crippen LogP contribution in [0.2, 0.25) is 0 Å². The fraction of sp³-hybridized carbons (Fsp3) is 0.455. The van der Waals surface area contributed by atoms with Crippen molar-refractivity contribution in [2.75, 3.05) is 6.61 Å². The van der Waals surface area contributed by atoms with Crippen LogP contribution in [-0.2, 0) is 31.6 Å². The van der Waals surface area contributed by atoms with Gasteiger partial charge in [0.2, 0.25) is 5.82 Å². The van der Waals surface area contributed by atoms with Gasteiger partial charge in [-0.05, 0) is 11.6 Å². The summed E-state index contributed by atoms with van der Waals surface area (Å²) in [5.74, 6) is 0.653. The third kappa shape index (κ3) is 6.89. The molecule has 0 amide bonds. The van der Waals surface area contributed by atoms with E-state index in [2.05, 4.69) is 19.1 Å². The van der Waals surface area contributed by atoms with Crippen molar-refractivity contribution in [2.45, 2.75) is 24.0 Å². The second-order valence-electron chi connectivity index (χ2n) is 6.15. The molecule has 22 heteroatoms. The Labute approximate surface area is 186 Å². The molecule has 2 rings (SSSR count). The van der Waals surface area contributed by atoms with Crippen molar-refractivity contribution >= 4 is 35.1 Å². The molecule has 1 aliphatic heterocycles. The number of halogens is 2. The highest BCUT2D eigenvalue weighted by Gasteiger charge is 2.55. The lowest BCUT2D eigenvalue weighted by Gasteiger charge is -2.27. The number of phosphoric ester groups is 1. The molecule has 0 aliphatic carbocycles. The van der Waals surface area contributed by atoms with E-state index in [1.165, 1.54) is 0 Å². The van der Waals surface area contributed by atoms with E-state index >= 15 is 0 Å². The Morgan fingerprint density at radius 3 is 2.39 bits per heavy atom. The average molecular weight is 560 g/mol. The summed E-state index contributed by atoms with van der Waals surface area (Å²) in [5, 5.41) is 12.3. The van der Waals surface area contributed by atoms with Crippen molar-refractivity contribution in [1.29, 1.82) is 0 Å². The number of aliphatic hydroxyl groups is 1. The first kappa shape index (κ1) is 28.0. The number of H-pyrrole nitrogens is 1. The van der Waals surface area contributed by atoms with Crippen molar-refractivity contribution in [3.8, 4) is 11.3 Å². The van der Waals surface area contributed by atoms with Gasteiger partial charge in [-0.15, -0.1) is 0 Å². The zero-order chi connectivity index (χ0) is 25.4. The standard InChI is InChI=1S/C11H14ClFN3O14P3/c12-2-1-11(14)7(17)6(28-9(11)16-3-5(13)8(18)15-10(16)19)4-27-32(23,24)30-33(25,26)29-31(20,21)22/h3,6-7,9,17H,4,14H2,(H,23,24)(H,25,26)(H,15,18,19)(H2,20,21,22)/t6-,7+,9-,11?/m1/s1. The highest BCUT2D eigenvalue weighted by molar-refractivity contribution is 7.66. The molecule has 6 atom stereocenters. The van der Waals surface area contributed by atoms with Crippen molar-refractivity contribution in [2.24, 2.45) is 5.73 Å². The van der Waals surface area contributed by atoms with Gasteiger partial charge in [-0.2, -0.15) is 13.0 Å². The van der Waals surface area contributed by atoms with Gasteiger partial charge in [-0.25, -0.2) is 18.5 Å². The Hall–Kier alpha value is -1.25. The molecule has 0 saturated carbocycles. The molecule has 3 unspecified atom stereocenters.